The molecule has 1 aromatic carbocycles. The number of nitrogens with one attached hydrogen (secondary N) is 1. The Morgan fingerprint density at radius 3 is 2.62 bits per heavy atom. The van der Waals surface area contributed by atoms with Crippen molar-refractivity contribution in [1.29, 1.82) is 0 Å². The fraction of sp³-hybridized carbons (Fsp3) is 0.481. The number of hydrogen-bond acceptors (Lipinski definition) is 6. The van der Waals surface area contributed by atoms with E-state index in [4.69, 9.17) is 0 Å². The van der Waals surface area contributed by atoms with Gasteiger partial charge in [-0.2, -0.15) is 18.9 Å². The number of alkyl halides is 2. The van der Waals surface area contributed by atoms with Gasteiger partial charge in [-0.1, -0.05) is 25.1 Å². The van der Waals surface area contributed by atoms with Crippen LogP contribution in [0.4, 0.5) is 23.7 Å². The first kappa shape index (κ1) is 29.9. The van der Waals surface area contributed by atoms with E-state index in [2.05, 4.69) is 31.7 Å². The molecule has 3 rings (SSSR count). The minimum absolute atomic E-state index is 0.202. The second kappa shape index (κ2) is 12.5. The van der Waals surface area contributed by atoms with Crippen molar-refractivity contribution in [2.24, 2.45) is 0 Å². The van der Waals surface area contributed by atoms with Gasteiger partial charge in [0.05, 0.1) is 18.3 Å². The van der Waals surface area contributed by atoms with Crippen LogP contribution in [-0.2, 0) is 18.9 Å². The number of amides is 2. The summed E-state index contributed by atoms with van der Waals surface area (Å²) in [6.07, 6.45) is 5.89. The SMILES string of the molecule is C=C(CC)NC(=O)N(CCCCCc1noc(C(C)(F)F)n1)c1ccc(F)c(-c2cnn(CC(C)(C)O)c2)c1. The number of anilines is 1. The minimum Gasteiger partial charge on any atom is -0.389 e. The molecule has 39 heavy (non-hydrogen) atoms. The fourth-order valence-electron chi connectivity index (χ4n) is 3.81. The van der Waals surface area contributed by atoms with Crippen LogP contribution in [0.3, 0.4) is 0 Å². The van der Waals surface area contributed by atoms with Crippen LogP contribution >= 0.6 is 0 Å². The summed E-state index contributed by atoms with van der Waals surface area (Å²) >= 11 is 0. The Bertz CT molecular complexity index is 1280. The molecule has 2 aromatic heterocycles. The van der Waals surface area contributed by atoms with Gasteiger partial charge in [-0.25, -0.2) is 9.18 Å². The van der Waals surface area contributed by atoms with Crippen molar-refractivity contribution in [3.05, 3.63) is 60.4 Å². The van der Waals surface area contributed by atoms with Gasteiger partial charge < -0.3 is 14.9 Å². The van der Waals surface area contributed by atoms with Crippen molar-refractivity contribution in [2.45, 2.75) is 77.9 Å². The van der Waals surface area contributed by atoms with Crippen molar-refractivity contribution in [1.82, 2.24) is 25.2 Å². The fourth-order valence-corrected chi connectivity index (χ4v) is 3.81. The number of rotatable bonds is 13. The number of carbonyl (C=O) groups excluding carboxylic acids is 1. The van der Waals surface area contributed by atoms with Gasteiger partial charge >= 0.3 is 12.0 Å². The lowest BCUT2D eigenvalue weighted by Crippen LogP contribution is -2.40. The molecule has 2 N–H and O–H groups in total. The highest BCUT2D eigenvalue weighted by Crippen LogP contribution is 2.29. The second-order valence-electron chi connectivity index (χ2n) is 10.2. The van der Waals surface area contributed by atoms with Crippen LogP contribution in [-0.4, -0.2) is 43.2 Å². The average molecular weight is 549 g/mol. The third-order valence-corrected chi connectivity index (χ3v) is 5.84. The molecule has 2 amide bonds. The first-order valence-electron chi connectivity index (χ1n) is 12.8. The maximum atomic E-state index is 14.8. The van der Waals surface area contributed by atoms with Crippen LogP contribution < -0.4 is 10.2 Å². The van der Waals surface area contributed by atoms with E-state index in [9.17, 15) is 23.1 Å². The summed E-state index contributed by atoms with van der Waals surface area (Å²) in [5.41, 5.74) is 0.807. The molecular weight excluding hydrogens is 513 g/mol. The van der Waals surface area contributed by atoms with Gasteiger partial charge in [0.25, 0.3) is 5.89 Å². The number of allylic oxidation sites excluding steroid dienone is 1. The number of nitrogens with zero attached hydrogens (tertiary/aromatic N) is 5. The summed E-state index contributed by atoms with van der Waals surface area (Å²) in [4.78, 5) is 18.3. The van der Waals surface area contributed by atoms with Crippen LogP contribution in [0, 0.1) is 5.82 Å². The van der Waals surface area contributed by atoms with E-state index in [1.165, 1.54) is 27.9 Å². The largest absolute Gasteiger partial charge is 0.389 e. The predicted octanol–water partition coefficient (Wildman–Crippen LogP) is 5.81. The quantitative estimate of drug-likeness (QED) is 0.261. The number of aliphatic hydroxyl groups is 1. The summed E-state index contributed by atoms with van der Waals surface area (Å²) in [5.74, 6) is -4.18. The second-order valence-corrected chi connectivity index (χ2v) is 10.2. The molecule has 0 bridgehead atoms. The summed E-state index contributed by atoms with van der Waals surface area (Å²) < 4.78 is 47.6. The van der Waals surface area contributed by atoms with Crippen LogP contribution in [0.1, 0.15) is 65.1 Å². The molecule has 0 unspecified atom stereocenters. The maximum Gasteiger partial charge on any atom is 0.326 e. The average Bonchev–Trinajstić information content (AvgIpc) is 3.50. The van der Waals surface area contributed by atoms with Gasteiger partial charge in [0.2, 0.25) is 0 Å². The lowest BCUT2D eigenvalue weighted by atomic mass is 10.1. The number of benzene rings is 1. The van der Waals surface area contributed by atoms with Gasteiger partial charge in [0, 0.05) is 48.6 Å². The third kappa shape index (κ3) is 8.67. The molecule has 9 nitrogen and oxygen atoms in total. The Morgan fingerprint density at radius 2 is 1.97 bits per heavy atom. The summed E-state index contributed by atoms with van der Waals surface area (Å²) in [6, 6.07) is 4.01. The molecule has 212 valence electrons. The molecule has 2 heterocycles. The molecule has 0 aliphatic heterocycles. The number of unbranched alkanes of at least 4 members (excludes halogenated alkanes) is 2. The van der Waals surface area contributed by atoms with Crippen molar-refractivity contribution in [2.75, 3.05) is 11.4 Å². The molecule has 0 saturated carbocycles. The summed E-state index contributed by atoms with van der Waals surface area (Å²) in [5, 5.41) is 20.6. The number of aromatic nitrogens is 4. The van der Waals surface area contributed by atoms with E-state index in [1.807, 2.05) is 6.92 Å². The summed E-state index contributed by atoms with van der Waals surface area (Å²) in [6.45, 7) is 10.2. The van der Waals surface area contributed by atoms with Crippen molar-refractivity contribution < 1.29 is 27.6 Å². The number of aryl methyl sites for hydroxylation is 1. The van der Waals surface area contributed by atoms with E-state index >= 15 is 0 Å². The number of urea groups is 1. The Balaban J connectivity index is 1.72. The lowest BCUT2D eigenvalue weighted by Gasteiger charge is -2.24. The van der Waals surface area contributed by atoms with Gasteiger partial charge in [-0.3, -0.25) is 9.58 Å². The van der Waals surface area contributed by atoms with E-state index in [-0.39, 0.29) is 17.9 Å². The zero-order chi connectivity index (χ0) is 28.8. The van der Waals surface area contributed by atoms with E-state index in [0.29, 0.717) is 62.5 Å². The monoisotopic (exact) mass is 548 g/mol. The maximum absolute atomic E-state index is 14.8. The highest BCUT2D eigenvalue weighted by atomic mass is 19.3. The lowest BCUT2D eigenvalue weighted by molar-refractivity contribution is -0.0158. The smallest absolute Gasteiger partial charge is 0.326 e. The molecule has 0 atom stereocenters. The number of halogens is 3. The topological polar surface area (TPSA) is 109 Å². The summed E-state index contributed by atoms with van der Waals surface area (Å²) in [7, 11) is 0. The van der Waals surface area contributed by atoms with Gasteiger partial charge in [0.1, 0.15) is 5.82 Å². The van der Waals surface area contributed by atoms with Gasteiger partial charge in [-0.15, -0.1) is 0 Å². The van der Waals surface area contributed by atoms with Crippen LogP contribution in [0.25, 0.3) is 11.1 Å². The Kier molecular flexibility index (Phi) is 9.54. The molecule has 0 aliphatic carbocycles. The normalized spacial score (nSPS) is 12.0. The molecule has 3 aromatic rings. The first-order valence-corrected chi connectivity index (χ1v) is 12.8. The van der Waals surface area contributed by atoms with Gasteiger partial charge in [0.15, 0.2) is 5.82 Å². The molecule has 0 aliphatic rings. The zero-order valence-corrected chi connectivity index (χ0v) is 22.7. The standard InChI is InChI=1S/C27H35F3N6O3/c1-6-18(2)32-25(37)36(13-9-7-8-10-23-33-24(39-34-23)27(5,29)30)20-11-12-22(28)21(14-20)19-15-31-35(16-19)17-26(3,4)38/h11-12,14-16,38H,2,6-10,13,17H2,1,3-5H3,(H,32,37). The number of carbonyl (C=O) groups is 1. The first-order chi connectivity index (χ1) is 18.3. The van der Waals surface area contributed by atoms with Crippen LogP contribution in [0.2, 0.25) is 0 Å². The Labute approximate surface area is 225 Å². The molecular formula is C27H35F3N6O3. The van der Waals surface area contributed by atoms with Crippen molar-refractivity contribution in [3.8, 4) is 11.1 Å². The molecule has 12 heteroatoms. The minimum atomic E-state index is -3.19. The molecule has 0 fully saturated rings. The molecule has 0 radical (unpaired) electrons. The predicted molar refractivity (Wildman–Crippen MR) is 141 cm³/mol. The van der Waals surface area contributed by atoms with Crippen LogP contribution in [0.15, 0.2) is 47.4 Å². The highest BCUT2D eigenvalue weighted by molar-refractivity contribution is 5.93. The molecule has 0 spiro atoms. The highest BCUT2D eigenvalue weighted by Gasteiger charge is 2.32. The van der Waals surface area contributed by atoms with Crippen molar-refractivity contribution in [3.63, 3.8) is 0 Å². The number of hydrogen-bond donors (Lipinski definition) is 2. The van der Waals surface area contributed by atoms with Crippen molar-refractivity contribution >= 4 is 11.7 Å². The zero-order valence-electron chi connectivity index (χ0n) is 22.7. The van der Waals surface area contributed by atoms with E-state index in [1.54, 1.807) is 26.1 Å². The molecule has 0 saturated heterocycles. The van der Waals surface area contributed by atoms with E-state index in [0.717, 1.165) is 0 Å². The Hall–Kier alpha value is -3.67. The third-order valence-electron chi connectivity index (χ3n) is 5.84. The van der Waals surface area contributed by atoms with Crippen LogP contribution in [0.5, 0.6) is 0 Å². The van der Waals surface area contributed by atoms with Gasteiger partial charge in [-0.05, 0) is 51.3 Å². The Morgan fingerprint density at radius 1 is 1.23 bits per heavy atom. The van der Waals surface area contributed by atoms with E-state index < -0.39 is 29.3 Å².